The Kier molecular flexibility index (Phi) is 8.36. The molecule has 0 bridgehead atoms. The van der Waals surface area contributed by atoms with Gasteiger partial charge in [-0.15, -0.1) is 0 Å². The molecule has 1 saturated carbocycles. The number of amidine groups is 1. The zero-order valence-electron chi connectivity index (χ0n) is 21.8. The summed E-state index contributed by atoms with van der Waals surface area (Å²) in [6, 6.07) is 18.6. The lowest BCUT2D eigenvalue weighted by Gasteiger charge is -2.19. The van der Waals surface area contributed by atoms with Crippen molar-refractivity contribution in [3.05, 3.63) is 89.5 Å². The van der Waals surface area contributed by atoms with Gasteiger partial charge in [-0.2, -0.15) is 18.3 Å². The van der Waals surface area contributed by atoms with Gasteiger partial charge in [0.05, 0.1) is 11.3 Å². The number of alkyl halides is 3. The molecule has 1 amide bonds. The maximum absolute atomic E-state index is 13.4. The number of aliphatic hydroxyl groups excluding tert-OH is 1. The first-order valence-corrected chi connectivity index (χ1v) is 12.6. The van der Waals surface area contributed by atoms with E-state index in [0.717, 1.165) is 35.6 Å². The van der Waals surface area contributed by atoms with Gasteiger partial charge in [-0.25, -0.2) is 15.3 Å². The number of carbonyl (C=O) groups excluding carboxylic acids is 1. The predicted octanol–water partition coefficient (Wildman–Crippen LogP) is 6.65. The molecule has 0 aromatic heterocycles. The smallest absolute Gasteiger partial charge is 0.416 e. The third-order valence-electron chi connectivity index (χ3n) is 7.00. The first-order valence-electron chi connectivity index (χ1n) is 12.6. The van der Waals surface area contributed by atoms with Crippen molar-refractivity contribution in [3.8, 4) is 11.1 Å². The van der Waals surface area contributed by atoms with Gasteiger partial charge in [0.15, 0.2) is 6.29 Å². The maximum Gasteiger partial charge on any atom is 0.416 e. The van der Waals surface area contributed by atoms with Crippen LogP contribution in [-0.4, -0.2) is 34.5 Å². The summed E-state index contributed by atoms with van der Waals surface area (Å²) in [5, 5.41) is 25.2. The molecule has 0 aliphatic heterocycles. The number of amides is 1. The van der Waals surface area contributed by atoms with Crippen LogP contribution in [-0.2, 0) is 16.3 Å². The number of rotatable bonds is 8. The summed E-state index contributed by atoms with van der Waals surface area (Å²) < 4.78 is 45.3. The molecule has 4 rings (SSSR count). The van der Waals surface area contributed by atoms with Crippen molar-refractivity contribution in [2.24, 2.45) is 10.1 Å². The van der Waals surface area contributed by atoms with E-state index in [9.17, 15) is 28.2 Å². The highest BCUT2D eigenvalue weighted by atomic mass is 19.4. The summed E-state index contributed by atoms with van der Waals surface area (Å²) in [4.78, 5) is 16.9. The Hall–Kier alpha value is -4.09. The third-order valence-corrected chi connectivity index (χ3v) is 7.00. The van der Waals surface area contributed by atoms with Crippen LogP contribution in [0.1, 0.15) is 49.5 Å². The second kappa shape index (κ2) is 11.6. The lowest BCUT2D eigenvalue weighted by atomic mass is 9.93. The molecule has 2 atom stereocenters. The first-order chi connectivity index (χ1) is 18.9. The Morgan fingerprint density at radius 3 is 2.08 bits per heavy atom. The molecular formula is C29H29F3N4O4. The van der Waals surface area contributed by atoms with Gasteiger partial charge in [0.1, 0.15) is 18.0 Å². The molecule has 0 heterocycles. The lowest BCUT2D eigenvalue weighted by molar-refractivity contribution is -0.139. The first kappa shape index (κ1) is 28.9. The highest BCUT2D eigenvalue weighted by molar-refractivity contribution is 5.99. The minimum absolute atomic E-state index is 0.00861. The molecule has 0 saturated heterocycles. The van der Waals surface area contributed by atoms with Crippen LogP contribution in [0.2, 0.25) is 0 Å². The van der Waals surface area contributed by atoms with Gasteiger partial charge in [-0.3, -0.25) is 5.32 Å². The topological polar surface area (TPSA) is 127 Å². The fourth-order valence-corrected chi connectivity index (χ4v) is 4.45. The lowest BCUT2D eigenvalue weighted by Crippen LogP contribution is -2.37. The molecular weight excluding hydrogens is 525 g/mol. The summed E-state index contributed by atoms with van der Waals surface area (Å²) in [5.74, 6) is -0.00861. The number of nitrogens with one attached hydrogen (secondary N) is 2. The van der Waals surface area contributed by atoms with Crippen LogP contribution in [0.4, 0.5) is 23.7 Å². The fraction of sp³-hybridized carbons (Fsp3) is 0.310. The summed E-state index contributed by atoms with van der Waals surface area (Å²) >= 11 is 0. The molecule has 1 aliphatic carbocycles. The Morgan fingerprint density at radius 2 is 1.55 bits per heavy atom. The van der Waals surface area contributed by atoms with Crippen molar-refractivity contribution in [2.75, 3.05) is 0 Å². The zero-order valence-corrected chi connectivity index (χ0v) is 21.8. The Morgan fingerprint density at radius 1 is 0.975 bits per heavy atom. The van der Waals surface area contributed by atoms with E-state index < -0.39 is 41.7 Å². The van der Waals surface area contributed by atoms with Crippen LogP contribution >= 0.6 is 0 Å². The highest BCUT2D eigenvalue weighted by Crippen LogP contribution is 2.50. The normalized spacial score (nSPS) is 16.2. The SMILES string of the molecule is CC(N=N)C(=Nc1ccc(-c2ccc(C3(C(O)O)CC3)cc2)cc1)NC(=O)OC(C)c1ccccc1C(F)(F)F. The Labute approximate surface area is 229 Å². The van der Waals surface area contributed by atoms with E-state index >= 15 is 0 Å². The molecule has 0 radical (unpaired) electrons. The number of aliphatic imine (C=N–C) groups is 1. The average molecular weight is 555 g/mol. The summed E-state index contributed by atoms with van der Waals surface area (Å²) in [5.41, 5.74) is 8.80. The quantitative estimate of drug-likeness (QED) is 0.108. The minimum atomic E-state index is -4.61. The molecule has 2 unspecified atom stereocenters. The molecule has 1 aliphatic rings. The van der Waals surface area contributed by atoms with Gasteiger partial charge >= 0.3 is 12.3 Å². The van der Waals surface area contributed by atoms with E-state index in [4.69, 9.17) is 10.3 Å². The number of nitrogens with zero attached hydrogens (tertiary/aromatic N) is 2. The number of carbonyl (C=O) groups is 1. The largest absolute Gasteiger partial charge is 0.441 e. The van der Waals surface area contributed by atoms with Crippen LogP contribution in [0.3, 0.4) is 0 Å². The van der Waals surface area contributed by atoms with E-state index in [1.807, 2.05) is 36.4 Å². The van der Waals surface area contributed by atoms with Crippen molar-refractivity contribution >= 4 is 17.6 Å². The van der Waals surface area contributed by atoms with Gasteiger partial charge in [0.2, 0.25) is 0 Å². The Bertz CT molecular complexity index is 1390. The van der Waals surface area contributed by atoms with Gasteiger partial charge < -0.3 is 14.9 Å². The van der Waals surface area contributed by atoms with Gasteiger partial charge in [0.25, 0.3) is 0 Å². The number of benzene rings is 3. The van der Waals surface area contributed by atoms with Crippen LogP contribution in [0.15, 0.2) is 82.9 Å². The standard InChI is InChI=1S/C29H29F3N4O4/c1-17(36-33)25(35-27(39)40-18(2)23-5-3-4-6-24(23)29(30,31)32)34-22-13-9-20(10-14-22)19-7-11-21(12-8-19)28(15-16-28)26(37)38/h3-14,17-18,26,33,37-38H,15-16H2,1-2H3,(H,34,35,39). The van der Waals surface area contributed by atoms with Crippen molar-refractivity contribution in [1.82, 2.24) is 5.32 Å². The van der Waals surface area contributed by atoms with Gasteiger partial charge in [0, 0.05) is 11.0 Å². The minimum Gasteiger partial charge on any atom is -0.441 e. The molecule has 11 heteroatoms. The van der Waals surface area contributed by atoms with Crippen molar-refractivity contribution < 1.29 is 32.9 Å². The van der Waals surface area contributed by atoms with E-state index in [-0.39, 0.29) is 11.4 Å². The molecule has 8 nitrogen and oxygen atoms in total. The number of hydrogen-bond acceptors (Lipinski definition) is 7. The number of ether oxygens (including phenoxy) is 1. The van der Waals surface area contributed by atoms with Crippen molar-refractivity contribution in [3.63, 3.8) is 0 Å². The van der Waals surface area contributed by atoms with E-state index in [1.165, 1.54) is 32.0 Å². The zero-order chi connectivity index (χ0) is 29.1. The van der Waals surface area contributed by atoms with Crippen molar-refractivity contribution in [2.45, 2.75) is 56.7 Å². The van der Waals surface area contributed by atoms with E-state index in [0.29, 0.717) is 5.69 Å². The second-order valence-corrected chi connectivity index (χ2v) is 9.71. The highest BCUT2D eigenvalue weighted by Gasteiger charge is 2.50. The monoisotopic (exact) mass is 554 g/mol. The van der Waals surface area contributed by atoms with Crippen LogP contribution in [0.25, 0.3) is 11.1 Å². The number of alkyl carbamates (subject to hydrolysis) is 1. The summed E-state index contributed by atoms with van der Waals surface area (Å²) in [7, 11) is 0. The average Bonchev–Trinajstić information content (AvgIpc) is 3.75. The summed E-state index contributed by atoms with van der Waals surface area (Å²) in [6.07, 6.45) is -6.79. The Balaban J connectivity index is 1.47. The van der Waals surface area contributed by atoms with Gasteiger partial charge in [-0.05, 0) is 61.6 Å². The number of halogens is 3. The molecule has 4 N–H and O–H groups in total. The summed E-state index contributed by atoms with van der Waals surface area (Å²) in [6.45, 7) is 2.86. The van der Waals surface area contributed by atoms with Crippen LogP contribution in [0.5, 0.6) is 0 Å². The second-order valence-electron chi connectivity index (χ2n) is 9.71. The molecule has 3 aromatic rings. The molecule has 3 aromatic carbocycles. The fourth-order valence-electron chi connectivity index (χ4n) is 4.45. The van der Waals surface area contributed by atoms with Crippen LogP contribution < -0.4 is 5.32 Å². The van der Waals surface area contributed by atoms with Gasteiger partial charge in [-0.1, -0.05) is 54.6 Å². The van der Waals surface area contributed by atoms with Crippen molar-refractivity contribution in [1.29, 1.82) is 5.53 Å². The molecule has 0 spiro atoms. The maximum atomic E-state index is 13.4. The third kappa shape index (κ3) is 6.37. The van der Waals surface area contributed by atoms with E-state index in [1.54, 1.807) is 12.1 Å². The van der Waals surface area contributed by atoms with Crippen LogP contribution in [0, 0.1) is 5.53 Å². The molecule has 210 valence electrons. The number of hydrogen-bond donors (Lipinski definition) is 4. The number of aliphatic hydroxyl groups is 2. The molecule has 1 fully saturated rings. The molecule has 40 heavy (non-hydrogen) atoms. The predicted molar refractivity (Wildman–Crippen MR) is 142 cm³/mol. The van der Waals surface area contributed by atoms with E-state index in [2.05, 4.69) is 15.4 Å².